The van der Waals surface area contributed by atoms with E-state index < -0.39 is 12.9 Å². The van der Waals surface area contributed by atoms with E-state index in [1.54, 1.807) is 0 Å². The highest BCUT2D eigenvalue weighted by Crippen LogP contribution is 2.43. The molecule has 35 heavy (non-hydrogen) atoms. The minimum Gasteiger partial charge on any atom is -0.464 e. The molecule has 0 spiro atoms. The molecule has 0 heterocycles. The van der Waals surface area contributed by atoms with Crippen LogP contribution in [0.1, 0.15) is 12.5 Å². The largest absolute Gasteiger partial charge is 0.464 e. The second-order valence-corrected chi connectivity index (χ2v) is 11.2. The molecule has 174 valence electrons. The van der Waals surface area contributed by atoms with Crippen molar-refractivity contribution in [1.29, 1.82) is 0 Å². The molecule has 4 aromatic carbocycles. The third-order valence-electron chi connectivity index (χ3n) is 5.60. The molecule has 0 aliphatic heterocycles. The van der Waals surface area contributed by atoms with Crippen molar-refractivity contribution in [2.24, 2.45) is 10.2 Å². The summed E-state index contributed by atoms with van der Waals surface area (Å²) < 4.78 is 4.97. The van der Waals surface area contributed by atoms with Crippen molar-refractivity contribution in [2.45, 2.75) is 6.92 Å². The highest BCUT2D eigenvalue weighted by atomic mass is 31.2. The maximum Gasteiger partial charge on any atom is 0.359 e. The van der Waals surface area contributed by atoms with Gasteiger partial charge in [-0.15, -0.1) is 5.10 Å². The summed E-state index contributed by atoms with van der Waals surface area (Å²) in [5.74, 6) is 1.69. The van der Waals surface area contributed by atoms with E-state index in [0.717, 1.165) is 0 Å². The Hall–Kier alpha value is -4.01. The molecule has 0 atom stereocenters. The van der Waals surface area contributed by atoms with Gasteiger partial charge >= 0.3 is 5.97 Å². The lowest BCUT2D eigenvalue weighted by atomic mass is 10.1. The minimum atomic E-state index is -2.21. The number of carbonyl (C=O) groups excluding carboxylic acids is 1. The maximum atomic E-state index is 12.4. The van der Waals surface area contributed by atoms with Crippen molar-refractivity contribution in [2.75, 3.05) is 7.11 Å². The molecule has 0 aliphatic carbocycles. The monoisotopic (exact) mass is 478 g/mol. The standard InChI is InChI=1S/C30H27N2O2P/c1-24(31-32-29(30(33)34-2)25-15-7-3-8-16-25)23-35(26-17-9-4-10-18-26,27-19-11-5-12-20-27)28-21-13-6-14-22-28/h3-23H,1-2H3/b31-24+,32-29+. The average molecular weight is 479 g/mol. The highest BCUT2D eigenvalue weighted by molar-refractivity contribution is 7.95. The number of nitrogens with zero attached hydrogens (tertiary/aromatic N) is 2. The minimum absolute atomic E-state index is 0.170. The molecule has 0 N–H and O–H groups in total. The first-order valence-electron chi connectivity index (χ1n) is 11.3. The fourth-order valence-corrected chi connectivity index (χ4v) is 7.89. The number of methoxy groups -OCH3 is 1. The lowest BCUT2D eigenvalue weighted by Gasteiger charge is -2.28. The van der Waals surface area contributed by atoms with Crippen LogP contribution >= 0.6 is 6.89 Å². The van der Waals surface area contributed by atoms with E-state index in [9.17, 15) is 4.79 Å². The number of benzene rings is 4. The molecule has 4 aromatic rings. The fourth-order valence-electron chi connectivity index (χ4n) is 4.00. The van der Waals surface area contributed by atoms with Crippen LogP contribution in [0.4, 0.5) is 0 Å². The number of hydrogen-bond donors (Lipinski definition) is 0. The fraction of sp³-hybridized carbons (Fsp3) is 0.0667. The van der Waals surface area contributed by atoms with Crippen LogP contribution in [0.3, 0.4) is 0 Å². The highest BCUT2D eigenvalue weighted by Gasteiger charge is 2.25. The topological polar surface area (TPSA) is 51.0 Å². The Morgan fingerprint density at radius 2 is 1.06 bits per heavy atom. The van der Waals surface area contributed by atoms with E-state index in [0.29, 0.717) is 11.3 Å². The first kappa shape index (κ1) is 24.1. The van der Waals surface area contributed by atoms with Crippen molar-refractivity contribution in [3.05, 3.63) is 127 Å². The van der Waals surface area contributed by atoms with Crippen molar-refractivity contribution < 1.29 is 9.53 Å². The molecular weight excluding hydrogens is 451 g/mol. The van der Waals surface area contributed by atoms with Crippen molar-refractivity contribution in [3.63, 3.8) is 0 Å². The summed E-state index contributed by atoms with van der Waals surface area (Å²) in [5.41, 5.74) is 1.54. The van der Waals surface area contributed by atoms with Crippen LogP contribution in [-0.2, 0) is 9.53 Å². The number of hydrogen-bond acceptors (Lipinski definition) is 4. The summed E-state index contributed by atoms with van der Waals surface area (Å²) in [6.07, 6.45) is 0. The van der Waals surface area contributed by atoms with E-state index in [-0.39, 0.29) is 5.71 Å². The smallest absolute Gasteiger partial charge is 0.359 e. The van der Waals surface area contributed by atoms with Crippen LogP contribution in [0, 0.1) is 0 Å². The van der Waals surface area contributed by atoms with Gasteiger partial charge in [-0.2, -0.15) is 5.10 Å². The van der Waals surface area contributed by atoms with Crippen LogP contribution in [0.15, 0.2) is 132 Å². The summed E-state index contributed by atoms with van der Waals surface area (Å²) in [6.45, 7) is -0.290. The van der Waals surface area contributed by atoms with Crippen molar-refractivity contribution >= 4 is 46.0 Å². The first-order chi connectivity index (χ1) is 17.1. The molecule has 4 nitrogen and oxygen atoms in total. The predicted octanol–water partition coefficient (Wildman–Crippen LogP) is 4.82. The van der Waals surface area contributed by atoms with E-state index in [1.165, 1.54) is 23.0 Å². The molecule has 0 aromatic heterocycles. The van der Waals surface area contributed by atoms with Gasteiger partial charge in [0.05, 0.1) is 12.8 Å². The quantitative estimate of drug-likeness (QED) is 0.166. The summed E-state index contributed by atoms with van der Waals surface area (Å²) in [5, 5.41) is 12.5. The normalized spacial score (nSPS) is 12.2. The molecule has 0 aliphatic rings. The second kappa shape index (κ2) is 11.4. The Balaban J connectivity index is 1.97. The average Bonchev–Trinajstić information content (AvgIpc) is 2.93. The Morgan fingerprint density at radius 1 is 0.657 bits per heavy atom. The van der Waals surface area contributed by atoms with E-state index in [2.05, 4.69) is 88.8 Å². The molecule has 5 heteroatoms. The third kappa shape index (κ3) is 5.40. The van der Waals surface area contributed by atoms with Crippen LogP contribution in [-0.4, -0.2) is 30.3 Å². The summed E-state index contributed by atoms with van der Waals surface area (Å²) >= 11 is 0. The summed E-state index contributed by atoms with van der Waals surface area (Å²) in [4.78, 5) is 12.4. The van der Waals surface area contributed by atoms with Crippen molar-refractivity contribution in [3.8, 4) is 0 Å². The third-order valence-corrected chi connectivity index (χ3v) is 9.70. The van der Waals surface area contributed by atoms with Crippen molar-refractivity contribution in [1.82, 2.24) is 0 Å². The van der Waals surface area contributed by atoms with Gasteiger partial charge in [0, 0.05) is 5.56 Å². The Kier molecular flexibility index (Phi) is 7.87. The zero-order valence-corrected chi connectivity index (χ0v) is 20.7. The number of ether oxygens (including phenoxy) is 1. The lowest BCUT2D eigenvalue weighted by Crippen LogP contribution is -2.28. The number of carbonyl (C=O) groups is 1. The SMILES string of the molecule is COC(=O)/C(=N/N=C(\C)C=P(c1ccccc1)(c1ccccc1)c1ccccc1)c1ccccc1. The van der Waals surface area contributed by atoms with Gasteiger partial charge < -0.3 is 4.74 Å². The zero-order chi connectivity index (χ0) is 24.5. The van der Waals surface area contributed by atoms with Gasteiger partial charge in [-0.05, 0) is 35.5 Å². The maximum absolute atomic E-state index is 12.4. The van der Waals surface area contributed by atoms with Gasteiger partial charge in [0.2, 0.25) is 0 Å². The zero-order valence-electron chi connectivity index (χ0n) is 19.8. The summed E-state index contributed by atoms with van der Waals surface area (Å²) in [6, 6.07) is 40.8. The molecule has 0 saturated carbocycles. The van der Waals surface area contributed by atoms with Gasteiger partial charge in [-0.3, -0.25) is 0 Å². The lowest BCUT2D eigenvalue weighted by molar-refractivity contribution is -0.132. The number of esters is 1. The predicted molar refractivity (Wildman–Crippen MR) is 149 cm³/mol. The first-order valence-corrected chi connectivity index (χ1v) is 13.2. The van der Waals surface area contributed by atoms with Gasteiger partial charge in [0.15, 0.2) is 5.71 Å². The Labute approximate surface area is 206 Å². The molecule has 0 unspecified atom stereocenters. The molecule has 0 saturated heterocycles. The molecule has 0 bridgehead atoms. The Bertz CT molecular complexity index is 1280. The van der Waals surface area contributed by atoms with Crippen LogP contribution < -0.4 is 15.9 Å². The molecular formula is C30H27N2O2P. The van der Waals surface area contributed by atoms with E-state index >= 15 is 0 Å². The number of rotatable bonds is 7. The second-order valence-electron chi connectivity index (χ2n) is 7.91. The van der Waals surface area contributed by atoms with E-state index in [1.807, 2.05) is 55.5 Å². The van der Waals surface area contributed by atoms with Gasteiger partial charge in [0.25, 0.3) is 0 Å². The van der Waals surface area contributed by atoms with Gasteiger partial charge in [0.1, 0.15) is 0 Å². The van der Waals surface area contributed by atoms with Crippen LogP contribution in [0.2, 0.25) is 0 Å². The molecule has 4 rings (SSSR count). The van der Waals surface area contributed by atoms with E-state index in [4.69, 9.17) is 4.74 Å². The van der Waals surface area contributed by atoms with Crippen LogP contribution in [0.25, 0.3) is 0 Å². The van der Waals surface area contributed by atoms with Gasteiger partial charge in [-0.1, -0.05) is 121 Å². The molecule has 0 amide bonds. The van der Waals surface area contributed by atoms with Gasteiger partial charge in [-0.25, -0.2) is 4.79 Å². The summed E-state index contributed by atoms with van der Waals surface area (Å²) in [7, 11) is 1.35. The molecule has 0 radical (unpaired) electrons. The molecule has 0 fully saturated rings. The Morgan fingerprint density at radius 3 is 1.46 bits per heavy atom. The van der Waals surface area contributed by atoms with Crippen LogP contribution in [0.5, 0.6) is 0 Å².